The monoisotopic (exact) mass is 320 g/mol. The van der Waals surface area contributed by atoms with E-state index < -0.39 is 6.10 Å². The first kappa shape index (κ1) is 18.9. The lowest BCUT2D eigenvalue weighted by atomic mass is 10.0. The fraction of sp³-hybridized carbons (Fsp3) is 0.389. The van der Waals surface area contributed by atoms with Crippen molar-refractivity contribution in [2.24, 2.45) is 0 Å². The molecule has 1 atom stereocenters. The van der Waals surface area contributed by atoms with Gasteiger partial charge in [-0.15, -0.1) is 0 Å². The third kappa shape index (κ3) is 7.63. The molecule has 5 heteroatoms. The van der Waals surface area contributed by atoms with Gasteiger partial charge in [0.25, 0.3) is 0 Å². The van der Waals surface area contributed by atoms with Crippen molar-refractivity contribution in [1.82, 2.24) is 0 Å². The van der Waals surface area contributed by atoms with Crippen LogP contribution in [0.1, 0.15) is 31.9 Å². The number of aliphatic hydroxyl groups is 2. The molecule has 1 aromatic rings. The van der Waals surface area contributed by atoms with Gasteiger partial charge in [-0.25, -0.2) is 4.79 Å². The van der Waals surface area contributed by atoms with E-state index in [-0.39, 0.29) is 19.2 Å². The van der Waals surface area contributed by atoms with Crippen LogP contribution < -0.4 is 4.74 Å². The van der Waals surface area contributed by atoms with Gasteiger partial charge in [0.05, 0.1) is 19.3 Å². The SMILES string of the molecule is CCOC(=O)/C=C/C=C(\C)C[C@@H](O)c1ccc(OCCO)cc1. The number of carbonyl (C=O) groups is 1. The summed E-state index contributed by atoms with van der Waals surface area (Å²) < 4.78 is 10.1. The summed E-state index contributed by atoms with van der Waals surface area (Å²) in [7, 11) is 0. The van der Waals surface area contributed by atoms with Crippen molar-refractivity contribution in [2.75, 3.05) is 19.8 Å². The highest BCUT2D eigenvalue weighted by Crippen LogP contribution is 2.23. The highest BCUT2D eigenvalue weighted by atomic mass is 16.5. The summed E-state index contributed by atoms with van der Waals surface area (Å²) in [5.41, 5.74) is 1.72. The van der Waals surface area contributed by atoms with Crippen LogP contribution in [0.5, 0.6) is 5.75 Å². The van der Waals surface area contributed by atoms with E-state index in [0.29, 0.717) is 18.8 Å². The average molecular weight is 320 g/mol. The minimum absolute atomic E-state index is 0.0340. The molecule has 1 rings (SSSR count). The van der Waals surface area contributed by atoms with E-state index in [1.54, 1.807) is 43.3 Å². The Morgan fingerprint density at radius 1 is 1.30 bits per heavy atom. The Balaban J connectivity index is 2.54. The lowest BCUT2D eigenvalue weighted by Gasteiger charge is -2.12. The molecular formula is C18H24O5. The zero-order valence-corrected chi connectivity index (χ0v) is 13.6. The smallest absolute Gasteiger partial charge is 0.330 e. The maximum Gasteiger partial charge on any atom is 0.330 e. The maximum absolute atomic E-state index is 11.2. The number of rotatable bonds is 9. The minimum Gasteiger partial charge on any atom is -0.491 e. The molecule has 0 saturated heterocycles. The highest BCUT2D eigenvalue weighted by Gasteiger charge is 2.08. The second-order valence-electron chi connectivity index (χ2n) is 4.99. The van der Waals surface area contributed by atoms with E-state index in [1.807, 2.05) is 6.92 Å². The van der Waals surface area contributed by atoms with Crippen LogP contribution in [0.15, 0.2) is 48.1 Å². The first-order chi connectivity index (χ1) is 11.1. The topological polar surface area (TPSA) is 76.0 Å². The molecule has 0 aliphatic rings. The second kappa shape index (κ2) is 10.6. The van der Waals surface area contributed by atoms with Crippen LogP contribution >= 0.6 is 0 Å². The molecule has 0 radical (unpaired) electrons. The fourth-order valence-corrected chi connectivity index (χ4v) is 1.92. The van der Waals surface area contributed by atoms with Gasteiger partial charge in [-0.3, -0.25) is 0 Å². The van der Waals surface area contributed by atoms with Crippen LogP contribution in [0.2, 0.25) is 0 Å². The Hall–Kier alpha value is -2.11. The third-order valence-corrected chi connectivity index (χ3v) is 3.04. The molecule has 126 valence electrons. The summed E-state index contributed by atoms with van der Waals surface area (Å²) in [5, 5.41) is 18.9. The number of carbonyl (C=O) groups excluding carboxylic acids is 1. The molecule has 0 fully saturated rings. The molecule has 0 saturated carbocycles. The number of ether oxygens (including phenoxy) is 2. The van der Waals surface area contributed by atoms with Crippen LogP contribution in [-0.2, 0) is 9.53 Å². The standard InChI is InChI=1S/C18H24O5/c1-3-22-18(21)6-4-5-14(2)13-17(20)15-7-9-16(10-8-15)23-12-11-19/h4-10,17,19-20H,3,11-13H2,1-2H3/b6-4+,14-5+/t17-/m1/s1. The summed E-state index contributed by atoms with van der Waals surface area (Å²) in [4.78, 5) is 11.2. The van der Waals surface area contributed by atoms with Crippen molar-refractivity contribution in [1.29, 1.82) is 0 Å². The largest absolute Gasteiger partial charge is 0.491 e. The van der Waals surface area contributed by atoms with E-state index in [2.05, 4.69) is 0 Å². The van der Waals surface area contributed by atoms with Gasteiger partial charge in [-0.05, 0) is 38.0 Å². The highest BCUT2D eigenvalue weighted by molar-refractivity contribution is 5.82. The molecule has 0 aliphatic carbocycles. The van der Waals surface area contributed by atoms with Crippen molar-refractivity contribution >= 4 is 5.97 Å². The van der Waals surface area contributed by atoms with Crippen molar-refractivity contribution in [3.8, 4) is 5.75 Å². The number of esters is 1. The van der Waals surface area contributed by atoms with Gasteiger partial charge in [0.1, 0.15) is 12.4 Å². The zero-order valence-electron chi connectivity index (χ0n) is 13.6. The van der Waals surface area contributed by atoms with Crippen molar-refractivity contribution in [3.05, 3.63) is 53.6 Å². The molecule has 5 nitrogen and oxygen atoms in total. The van der Waals surface area contributed by atoms with Gasteiger partial charge < -0.3 is 19.7 Å². The van der Waals surface area contributed by atoms with Crippen LogP contribution in [0.4, 0.5) is 0 Å². The Labute approximate surface area is 136 Å². The summed E-state index contributed by atoms with van der Waals surface area (Å²) in [5.74, 6) is 0.273. The van der Waals surface area contributed by atoms with E-state index in [9.17, 15) is 9.90 Å². The van der Waals surface area contributed by atoms with Gasteiger partial charge in [-0.1, -0.05) is 29.9 Å². The van der Waals surface area contributed by atoms with Crippen LogP contribution in [0.25, 0.3) is 0 Å². The molecule has 0 amide bonds. The number of benzene rings is 1. The molecule has 0 aromatic heterocycles. The molecule has 0 aliphatic heterocycles. The zero-order chi connectivity index (χ0) is 17.1. The van der Waals surface area contributed by atoms with Crippen molar-refractivity contribution in [3.63, 3.8) is 0 Å². The molecule has 2 N–H and O–H groups in total. The van der Waals surface area contributed by atoms with E-state index in [0.717, 1.165) is 11.1 Å². The lowest BCUT2D eigenvalue weighted by molar-refractivity contribution is -0.137. The second-order valence-corrected chi connectivity index (χ2v) is 4.99. The van der Waals surface area contributed by atoms with Crippen LogP contribution in [0.3, 0.4) is 0 Å². The molecule has 0 bridgehead atoms. The predicted octanol–water partition coefficient (Wildman–Crippen LogP) is 2.55. The molecule has 0 heterocycles. The van der Waals surface area contributed by atoms with Gasteiger partial charge in [0, 0.05) is 6.08 Å². The Morgan fingerprint density at radius 3 is 2.61 bits per heavy atom. The lowest BCUT2D eigenvalue weighted by Crippen LogP contribution is -2.02. The molecule has 1 aromatic carbocycles. The minimum atomic E-state index is -0.630. The maximum atomic E-state index is 11.2. The first-order valence-corrected chi connectivity index (χ1v) is 7.59. The van der Waals surface area contributed by atoms with Crippen LogP contribution in [-0.4, -0.2) is 36.0 Å². The van der Waals surface area contributed by atoms with E-state index in [1.165, 1.54) is 6.08 Å². The van der Waals surface area contributed by atoms with Crippen LogP contribution in [0, 0.1) is 0 Å². The number of hydrogen-bond donors (Lipinski definition) is 2. The van der Waals surface area contributed by atoms with Gasteiger partial charge >= 0.3 is 5.97 Å². The average Bonchev–Trinajstić information content (AvgIpc) is 2.53. The fourth-order valence-electron chi connectivity index (χ4n) is 1.92. The molecular weight excluding hydrogens is 296 g/mol. The third-order valence-electron chi connectivity index (χ3n) is 3.04. The normalized spacial score (nSPS) is 13.1. The van der Waals surface area contributed by atoms with E-state index >= 15 is 0 Å². The van der Waals surface area contributed by atoms with Gasteiger partial charge in [0.2, 0.25) is 0 Å². The first-order valence-electron chi connectivity index (χ1n) is 7.59. The number of allylic oxidation sites excluding steroid dienone is 2. The Morgan fingerprint density at radius 2 is 2.00 bits per heavy atom. The summed E-state index contributed by atoms with van der Waals surface area (Å²) in [6.45, 7) is 4.20. The van der Waals surface area contributed by atoms with Gasteiger partial charge in [0.15, 0.2) is 0 Å². The summed E-state index contributed by atoms with van der Waals surface area (Å²) in [6.07, 6.45) is 4.58. The summed E-state index contributed by atoms with van der Waals surface area (Å²) >= 11 is 0. The summed E-state index contributed by atoms with van der Waals surface area (Å²) in [6, 6.07) is 7.10. The Bertz CT molecular complexity index is 531. The Kier molecular flexibility index (Phi) is 8.72. The molecule has 0 spiro atoms. The number of hydrogen-bond acceptors (Lipinski definition) is 5. The quantitative estimate of drug-likeness (QED) is 0.415. The van der Waals surface area contributed by atoms with E-state index in [4.69, 9.17) is 14.6 Å². The van der Waals surface area contributed by atoms with Crippen molar-refractivity contribution < 1.29 is 24.5 Å². The molecule has 23 heavy (non-hydrogen) atoms. The van der Waals surface area contributed by atoms with Gasteiger partial charge in [-0.2, -0.15) is 0 Å². The number of aliphatic hydroxyl groups excluding tert-OH is 2. The molecule has 0 unspecified atom stereocenters. The van der Waals surface area contributed by atoms with Crippen molar-refractivity contribution in [2.45, 2.75) is 26.4 Å². The predicted molar refractivity (Wildman–Crippen MR) is 88.1 cm³/mol.